The van der Waals surface area contributed by atoms with Crippen LogP contribution in [-0.2, 0) is 16.1 Å². The molecule has 8 heteroatoms. The van der Waals surface area contributed by atoms with Crippen molar-refractivity contribution in [3.63, 3.8) is 0 Å². The molecule has 196 valence electrons. The Morgan fingerprint density at radius 3 is 2.42 bits per heavy atom. The fourth-order valence-corrected chi connectivity index (χ4v) is 4.09. The molecule has 3 aromatic carbocycles. The van der Waals surface area contributed by atoms with Crippen LogP contribution < -0.4 is 20.4 Å². The first-order valence-corrected chi connectivity index (χ1v) is 12.3. The van der Waals surface area contributed by atoms with Gasteiger partial charge >= 0.3 is 17.7 Å². The molecule has 1 atom stereocenters. The topological polar surface area (TPSA) is 104 Å². The number of esters is 1. The molecule has 0 fully saturated rings. The van der Waals surface area contributed by atoms with E-state index in [-0.39, 0.29) is 12.4 Å². The number of fused-ring (bicyclic) bond motifs is 1. The maximum Gasteiger partial charge on any atom is 0.408 e. The van der Waals surface area contributed by atoms with Gasteiger partial charge in [-0.05, 0) is 54.3 Å². The van der Waals surface area contributed by atoms with E-state index in [9.17, 15) is 14.4 Å². The van der Waals surface area contributed by atoms with Gasteiger partial charge < -0.3 is 23.9 Å². The van der Waals surface area contributed by atoms with E-state index < -0.39 is 23.7 Å². The van der Waals surface area contributed by atoms with Crippen molar-refractivity contribution in [1.82, 2.24) is 5.32 Å². The lowest BCUT2D eigenvalue weighted by molar-refractivity contribution is -0.136. The molecule has 0 radical (unpaired) electrons. The first kappa shape index (κ1) is 26.5. The predicted octanol–water partition coefficient (Wildman–Crippen LogP) is 5.78. The monoisotopic (exact) mass is 515 g/mol. The van der Waals surface area contributed by atoms with E-state index in [4.69, 9.17) is 18.6 Å². The van der Waals surface area contributed by atoms with Gasteiger partial charge in [0.15, 0.2) is 0 Å². The lowest BCUT2D eigenvalue weighted by Crippen LogP contribution is -2.43. The molecular formula is C30H29NO7. The highest BCUT2D eigenvalue weighted by Gasteiger charge is 2.24. The third-order valence-electron chi connectivity index (χ3n) is 6.09. The van der Waals surface area contributed by atoms with E-state index in [0.717, 1.165) is 11.1 Å². The molecule has 38 heavy (non-hydrogen) atoms. The maximum atomic E-state index is 13.0. The minimum Gasteiger partial charge on any atom is -0.497 e. The van der Waals surface area contributed by atoms with Gasteiger partial charge in [-0.2, -0.15) is 0 Å². The zero-order chi connectivity index (χ0) is 27.1. The summed E-state index contributed by atoms with van der Waals surface area (Å²) in [7, 11) is 1.59. The second kappa shape index (κ2) is 12.1. The smallest absolute Gasteiger partial charge is 0.408 e. The summed E-state index contributed by atoms with van der Waals surface area (Å²) in [5, 5.41) is 3.29. The molecule has 1 amide bonds. The van der Waals surface area contributed by atoms with Gasteiger partial charge in [0.25, 0.3) is 0 Å². The van der Waals surface area contributed by atoms with Crippen LogP contribution in [0.5, 0.6) is 11.5 Å². The number of aryl methyl sites for hydroxylation is 1. The molecular weight excluding hydrogens is 486 g/mol. The number of nitrogens with one attached hydrogen (secondary N) is 1. The van der Waals surface area contributed by atoms with Crippen LogP contribution in [0.15, 0.2) is 82.0 Å². The van der Waals surface area contributed by atoms with Crippen LogP contribution in [0.1, 0.15) is 30.9 Å². The van der Waals surface area contributed by atoms with Crippen molar-refractivity contribution in [2.75, 3.05) is 7.11 Å². The standard InChI is InChI=1S/C30H29NO7/c1-4-8-25(31-30(34)36-18-20-9-6-5-7-10-20)29(33)37-26-16-15-23-24(17-27(32)38-28(23)19(26)2)21-11-13-22(35-3)14-12-21/h5-7,9-17,25H,4,8,18H2,1-3H3,(H,31,34)/t25-/m0/s1. The summed E-state index contributed by atoms with van der Waals surface area (Å²) in [5.41, 5.74) is 2.61. The number of methoxy groups -OCH3 is 1. The maximum absolute atomic E-state index is 13.0. The van der Waals surface area contributed by atoms with Gasteiger partial charge in [0.2, 0.25) is 0 Å². The van der Waals surface area contributed by atoms with Crippen molar-refractivity contribution in [2.45, 2.75) is 39.3 Å². The van der Waals surface area contributed by atoms with Crippen LogP contribution >= 0.6 is 0 Å². The number of alkyl carbamates (subject to hydrolysis) is 1. The summed E-state index contributed by atoms with van der Waals surface area (Å²) >= 11 is 0. The molecule has 0 bridgehead atoms. The van der Waals surface area contributed by atoms with Crippen molar-refractivity contribution >= 4 is 23.0 Å². The first-order chi connectivity index (χ1) is 18.4. The van der Waals surface area contributed by atoms with Gasteiger partial charge in [-0.25, -0.2) is 14.4 Å². The fourth-order valence-electron chi connectivity index (χ4n) is 4.09. The molecule has 4 rings (SSSR count). The Balaban J connectivity index is 1.53. The largest absolute Gasteiger partial charge is 0.497 e. The number of benzene rings is 3. The Hall–Kier alpha value is -4.59. The molecule has 0 unspecified atom stereocenters. The molecule has 0 saturated heterocycles. The van der Waals surface area contributed by atoms with E-state index in [1.807, 2.05) is 61.5 Å². The number of rotatable bonds is 9. The minimum atomic E-state index is -0.906. The third-order valence-corrected chi connectivity index (χ3v) is 6.09. The van der Waals surface area contributed by atoms with Gasteiger partial charge in [0.1, 0.15) is 29.7 Å². The Kier molecular flexibility index (Phi) is 8.43. The molecule has 1 N–H and O–H groups in total. The minimum absolute atomic E-state index is 0.0832. The zero-order valence-corrected chi connectivity index (χ0v) is 21.5. The van der Waals surface area contributed by atoms with Crippen molar-refractivity contribution in [2.24, 2.45) is 0 Å². The Labute approximate surface area is 220 Å². The van der Waals surface area contributed by atoms with Gasteiger partial charge in [-0.3, -0.25) is 0 Å². The number of ether oxygens (including phenoxy) is 3. The Morgan fingerprint density at radius 1 is 1.00 bits per heavy atom. The van der Waals surface area contributed by atoms with E-state index in [1.54, 1.807) is 26.2 Å². The van der Waals surface area contributed by atoms with Crippen LogP contribution in [0.2, 0.25) is 0 Å². The highest BCUT2D eigenvalue weighted by Crippen LogP contribution is 2.34. The van der Waals surface area contributed by atoms with Gasteiger partial charge in [0.05, 0.1) is 7.11 Å². The fraction of sp³-hybridized carbons (Fsp3) is 0.233. The first-order valence-electron chi connectivity index (χ1n) is 12.3. The average Bonchev–Trinajstić information content (AvgIpc) is 2.93. The predicted molar refractivity (Wildman–Crippen MR) is 143 cm³/mol. The van der Waals surface area contributed by atoms with Crippen molar-refractivity contribution in [3.05, 3.63) is 94.3 Å². The number of carbonyl (C=O) groups is 2. The van der Waals surface area contributed by atoms with Gasteiger partial charge in [0, 0.05) is 17.0 Å². The van der Waals surface area contributed by atoms with E-state index >= 15 is 0 Å². The van der Waals surface area contributed by atoms with Crippen molar-refractivity contribution < 1.29 is 28.2 Å². The molecule has 1 aromatic heterocycles. The van der Waals surface area contributed by atoms with Crippen LogP contribution in [0, 0.1) is 6.92 Å². The second-order valence-corrected chi connectivity index (χ2v) is 8.74. The Morgan fingerprint density at radius 2 is 1.74 bits per heavy atom. The molecule has 0 aliphatic carbocycles. The van der Waals surface area contributed by atoms with Gasteiger partial charge in [-0.1, -0.05) is 55.8 Å². The van der Waals surface area contributed by atoms with E-state index in [2.05, 4.69) is 5.32 Å². The summed E-state index contributed by atoms with van der Waals surface area (Å²) in [6, 6.07) is 20.5. The highest BCUT2D eigenvalue weighted by atomic mass is 16.6. The third kappa shape index (κ3) is 6.21. The van der Waals surface area contributed by atoms with E-state index in [0.29, 0.717) is 40.7 Å². The lowest BCUT2D eigenvalue weighted by atomic mass is 10.00. The normalized spacial score (nSPS) is 11.6. The molecule has 0 spiro atoms. The summed E-state index contributed by atoms with van der Waals surface area (Å²) in [6.45, 7) is 3.69. The van der Waals surface area contributed by atoms with Crippen molar-refractivity contribution in [3.8, 4) is 22.6 Å². The number of carbonyl (C=O) groups excluding carboxylic acids is 2. The van der Waals surface area contributed by atoms with Crippen molar-refractivity contribution in [1.29, 1.82) is 0 Å². The number of hydrogen-bond donors (Lipinski definition) is 1. The van der Waals surface area contributed by atoms with E-state index in [1.165, 1.54) is 6.07 Å². The molecule has 0 aliphatic rings. The number of hydrogen-bond acceptors (Lipinski definition) is 7. The Bertz CT molecular complexity index is 1480. The lowest BCUT2D eigenvalue weighted by Gasteiger charge is -2.18. The molecule has 0 aliphatic heterocycles. The highest BCUT2D eigenvalue weighted by molar-refractivity contribution is 5.96. The van der Waals surface area contributed by atoms with Crippen LogP contribution in [0.4, 0.5) is 4.79 Å². The second-order valence-electron chi connectivity index (χ2n) is 8.74. The molecule has 4 aromatic rings. The summed E-state index contributed by atoms with van der Waals surface area (Å²) in [4.78, 5) is 37.8. The molecule has 8 nitrogen and oxygen atoms in total. The van der Waals surface area contributed by atoms with Crippen LogP contribution in [0.25, 0.3) is 22.1 Å². The summed E-state index contributed by atoms with van der Waals surface area (Å²) in [5.74, 6) is 0.295. The molecule has 1 heterocycles. The van der Waals surface area contributed by atoms with Crippen LogP contribution in [-0.4, -0.2) is 25.2 Å². The summed E-state index contributed by atoms with van der Waals surface area (Å²) in [6.07, 6.45) is 0.285. The number of amides is 1. The van der Waals surface area contributed by atoms with Crippen LogP contribution in [0.3, 0.4) is 0 Å². The summed E-state index contributed by atoms with van der Waals surface area (Å²) < 4.78 is 21.6. The zero-order valence-electron chi connectivity index (χ0n) is 21.5. The average molecular weight is 516 g/mol. The quantitative estimate of drug-likeness (QED) is 0.171. The van der Waals surface area contributed by atoms with Gasteiger partial charge in [-0.15, -0.1) is 0 Å². The molecule has 0 saturated carbocycles. The SMILES string of the molecule is CCC[C@H](NC(=O)OCc1ccccc1)C(=O)Oc1ccc2c(-c3ccc(OC)cc3)cc(=O)oc2c1C.